The third kappa shape index (κ3) is 2.49. The summed E-state index contributed by atoms with van der Waals surface area (Å²) in [5.74, 6) is 6.49. The molecule has 4 unspecified atom stereocenters. The molecule has 0 bridgehead atoms. The van der Waals surface area contributed by atoms with Crippen LogP contribution in [0.1, 0.15) is 78.1 Å². The molecular formula is C18H32. The zero-order chi connectivity index (χ0) is 12.5. The Balaban J connectivity index is 1.60. The van der Waals surface area contributed by atoms with Crippen molar-refractivity contribution in [1.82, 2.24) is 0 Å². The number of hydrogen-bond donors (Lipinski definition) is 0. The third-order valence-corrected chi connectivity index (χ3v) is 6.87. The predicted molar refractivity (Wildman–Crippen MR) is 78.5 cm³/mol. The van der Waals surface area contributed by atoms with Crippen LogP contribution in [0.3, 0.4) is 0 Å². The van der Waals surface area contributed by atoms with E-state index in [0.29, 0.717) is 0 Å². The highest BCUT2D eigenvalue weighted by molar-refractivity contribution is 4.91. The van der Waals surface area contributed by atoms with Crippen molar-refractivity contribution < 1.29 is 0 Å². The van der Waals surface area contributed by atoms with Crippen LogP contribution in [-0.2, 0) is 0 Å². The van der Waals surface area contributed by atoms with Crippen LogP contribution in [0.15, 0.2) is 0 Å². The van der Waals surface area contributed by atoms with Crippen LogP contribution >= 0.6 is 0 Å². The van der Waals surface area contributed by atoms with E-state index in [0.717, 1.165) is 35.5 Å². The van der Waals surface area contributed by atoms with E-state index in [1.165, 1.54) is 38.5 Å². The van der Waals surface area contributed by atoms with Crippen LogP contribution in [-0.4, -0.2) is 0 Å². The van der Waals surface area contributed by atoms with E-state index in [1.54, 1.807) is 25.7 Å². The van der Waals surface area contributed by atoms with Gasteiger partial charge in [0.05, 0.1) is 0 Å². The lowest BCUT2D eigenvalue weighted by molar-refractivity contribution is 0.117. The first-order valence-electron chi connectivity index (χ1n) is 8.75. The smallest absolute Gasteiger partial charge is 0.0355 e. The van der Waals surface area contributed by atoms with Crippen molar-refractivity contribution in [3.63, 3.8) is 0 Å². The van der Waals surface area contributed by atoms with Crippen LogP contribution in [0.25, 0.3) is 0 Å². The molecule has 3 aliphatic carbocycles. The number of hydrogen-bond acceptors (Lipinski definition) is 0. The second-order valence-electron chi connectivity index (χ2n) is 7.83. The first-order chi connectivity index (χ1) is 8.75. The molecule has 0 heteroatoms. The lowest BCUT2D eigenvalue weighted by Crippen LogP contribution is -2.29. The molecule has 104 valence electrons. The summed E-state index contributed by atoms with van der Waals surface area (Å²) in [5, 5.41) is 0. The molecule has 0 aromatic heterocycles. The largest absolute Gasteiger partial charge is 0.0625 e. The van der Waals surface area contributed by atoms with Crippen LogP contribution in [0, 0.1) is 35.5 Å². The number of fused-ring (bicyclic) bond motifs is 1. The second kappa shape index (κ2) is 5.55. The highest BCUT2D eigenvalue weighted by atomic mass is 14.5. The van der Waals surface area contributed by atoms with Crippen molar-refractivity contribution >= 4 is 0 Å². The molecule has 0 heterocycles. The van der Waals surface area contributed by atoms with Gasteiger partial charge in [-0.15, -0.1) is 0 Å². The fourth-order valence-corrected chi connectivity index (χ4v) is 5.59. The van der Waals surface area contributed by atoms with Crippen molar-refractivity contribution in [1.29, 1.82) is 0 Å². The fraction of sp³-hybridized carbons (Fsp3) is 1.00. The molecule has 4 atom stereocenters. The summed E-state index contributed by atoms with van der Waals surface area (Å²) in [5.41, 5.74) is 0. The molecule has 0 spiro atoms. The van der Waals surface area contributed by atoms with E-state index < -0.39 is 0 Å². The van der Waals surface area contributed by atoms with Crippen LogP contribution in [0.4, 0.5) is 0 Å². The first-order valence-corrected chi connectivity index (χ1v) is 8.75. The molecule has 0 radical (unpaired) electrons. The molecule has 0 aromatic carbocycles. The molecule has 0 N–H and O–H groups in total. The van der Waals surface area contributed by atoms with Crippen LogP contribution in [0.2, 0.25) is 0 Å². The summed E-state index contributed by atoms with van der Waals surface area (Å²) in [7, 11) is 0. The molecular weight excluding hydrogens is 216 g/mol. The van der Waals surface area contributed by atoms with E-state index >= 15 is 0 Å². The minimum atomic E-state index is 1.01. The van der Waals surface area contributed by atoms with E-state index in [1.807, 2.05) is 0 Å². The maximum absolute atomic E-state index is 2.61. The summed E-state index contributed by atoms with van der Waals surface area (Å²) >= 11 is 0. The third-order valence-electron chi connectivity index (χ3n) is 6.87. The second-order valence-corrected chi connectivity index (χ2v) is 7.83. The van der Waals surface area contributed by atoms with Gasteiger partial charge >= 0.3 is 0 Å². The van der Waals surface area contributed by atoms with Gasteiger partial charge in [-0.05, 0) is 67.6 Å². The van der Waals surface area contributed by atoms with Gasteiger partial charge in [0.15, 0.2) is 0 Å². The van der Waals surface area contributed by atoms with Crippen molar-refractivity contribution in [2.45, 2.75) is 78.1 Å². The summed E-state index contributed by atoms with van der Waals surface area (Å²) in [4.78, 5) is 0. The Labute approximate surface area is 114 Å². The van der Waals surface area contributed by atoms with E-state index in [2.05, 4.69) is 13.8 Å². The van der Waals surface area contributed by atoms with Gasteiger partial charge in [-0.3, -0.25) is 0 Å². The van der Waals surface area contributed by atoms with Crippen molar-refractivity contribution in [3.05, 3.63) is 0 Å². The van der Waals surface area contributed by atoms with E-state index in [9.17, 15) is 0 Å². The molecule has 3 fully saturated rings. The zero-order valence-corrected chi connectivity index (χ0v) is 12.5. The minimum Gasteiger partial charge on any atom is -0.0625 e. The molecule has 0 aromatic rings. The summed E-state index contributed by atoms with van der Waals surface area (Å²) in [6, 6.07) is 0. The van der Waals surface area contributed by atoms with Crippen molar-refractivity contribution in [3.8, 4) is 0 Å². The average Bonchev–Trinajstić information content (AvgIpc) is 2.82. The van der Waals surface area contributed by atoms with Crippen LogP contribution in [0.5, 0.6) is 0 Å². The molecule has 18 heavy (non-hydrogen) atoms. The molecule has 0 nitrogen and oxygen atoms in total. The maximum atomic E-state index is 2.61. The summed E-state index contributed by atoms with van der Waals surface area (Å²) in [6.45, 7) is 5.07. The Morgan fingerprint density at radius 1 is 0.778 bits per heavy atom. The Morgan fingerprint density at radius 3 is 2.28 bits per heavy atom. The van der Waals surface area contributed by atoms with Gasteiger partial charge in [0.2, 0.25) is 0 Å². The fourth-order valence-electron chi connectivity index (χ4n) is 5.59. The Bertz CT molecular complexity index is 261. The van der Waals surface area contributed by atoms with Gasteiger partial charge in [-0.25, -0.2) is 0 Å². The van der Waals surface area contributed by atoms with Gasteiger partial charge in [-0.2, -0.15) is 0 Å². The molecule has 0 amide bonds. The van der Waals surface area contributed by atoms with E-state index in [-0.39, 0.29) is 0 Å². The topological polar surface area (TPSA) is 0 Å². The van der Waals surface area contributed by atoms with Gasteiger partial charge in [0.1, 0.15) is 0 Å². The zero-order valence-electron chi connectivity index (χ0n) is 12.5. The minimum absolute atomic E-state index is 1.01. The Kier molecular flexibility index (Phi) is 4.01. The van der Waals surface area contributed by atoms with Crippen molar-refractivity contribution in [2.75, 3.05) is 0 Å². The van der Waals surface area contributed by atoms with E-state index in [4.69, 9.17) is 0 Å². The lowest BCUT2D eigenvalue weighted by atomic mass is 9.67. The standard InChI is InChI=1S/C18H32/c1-13-7-9-15(10-8-13)14(2)17-12-11-16-5-3-4-6-18(16)17/h13-18H,3-12H2,1-2H3. The monoisotopic (exact) mass is 248 g/mol. The lowest BCUT2D eigenvalue weighted by Gasteiger charge is -2.38. The van der Waals surface area contributed by atoms with Crippen molar-refractivity contribution in [2.24, 2.45) is 35.5 Å². The van der Waals surface area contributed by atoms with Gasteiger partial charge in [0.25, 0.3) is 0 Å². The molecule has 3 aliphatic rings. The molecule has 3 saturated carbocycles. The Morgan fingerprint density at radius 2 is 1.50 bits per heavy atom. The highest BCUT2D eigenvalue weighted by Crippen LogP contribution is 2.51. The quantitative estimate of drug-likeness (QED) is 0.591. The van der Waals surface area contributed by atoms with Crippen LogP contribution < -0.4 is 0 Å². The molecule has 3 rings (SSSR count). The maximum Gasteiger partial charge on any atom is -0.0355 e. The average molecular weight is 248 g/mol. The normalized spacial score (nSPS) is 46.7. The van der Waals surface area contributed by atoms with Gasteiger partial charge < -0.3 is 0 Å². The van der Waals surface area contributed by atoms with Gasteiger partial charge in [-0.1, -0.05) is 46.0 Å². The number of rotatable bonds is 2. The highest BCUT2D eigenvalue weighted by Gasteiger charge is 2.41. The summed E-state index contributed by atoms with van der Waals surface area (Å²) in [6.07, 6.45) is 15.4. The SMILES string of the molecule is CC1CCC(C(C)C2CCC3CCCCC32)CC1. The predicted octanol–water partition coefficient (Wildman–Crippen LogP) is 5.67. The van der Waals surface area contributed by atoms with Gasteiger partial charge in [0, 0.05) is 0 Å². The first kappa shape index (κ1) is 13.0. The Hall–Kier alpha value is 0. The summed E-state index contributed by atoms with van der Waals surface area (Å²) < 4.78 is 0. The molecule has 0 aliphatic heterocycles. The molecule has 0 saturated heterocycles.